The Morgan fingerprint density at radius 2 is 2.21 bits per heavy atom. The number of hydrogen-bond acceptors (Lipinski definition) is 5. The van der Waals surface area contributed by atoms with E-state index < -0.39 is 5.54 Å². The topological polar surface area (TPSA) is 84.7 Å². The normalized spacial score (nSPS) is 28.5. The van der Waals surface area contributed by atoms with Crippen LogP contribution in [0.3, 0.4) is 0 Å². The van der Waals surface area contributed by atoms with Gasteiger partial charge in [0.2, 0.25) is 11.7 Å². The van der Waals surface area contributed by atoms with Gasteiger partial charge in [-0.1, -0.05) is 5.16 Å². The lowest BCUT2D eigenvalue weighted by molar-refractivity contribution is -0.126. The molecule has 2 aliphatic rings. The molecule has 2 aliphatic heterocycles. The van der Waals surface area contributed by atoms with Crippen molar-refractivity contribution >= 4 is 11.8 Å². The Kier molecular flexibility index (Phi) is 4.15. The predicted molar refractivity (Wildman–Crippen MR) is 86.5 cm³/mol. The highest BCUT2D eigenvalue weighted by atomic mass is 16.5. The van der Waals surface area contributed by atoms with Crippen LogP contribution in [-0.4, -0.2) is 52.7 Å². The van der Waals surface area contributed by atoms with E-state index in [2.05, 4.69) is 10.5 Å². The minimum atomic E-state index is -0.464. The number of ether oxygens (including phenoxy) is 1. The molecule has 3 heterocycles. The summed E-state index contributed by atoms with van der Waals surface area (Å²) in [5.41, 5.74) is -0.163. The van der Waals surface area contributed by atoms with Gasteiger partial charge in [-0.25, -0.2) is 0 Å². The number of aromatic nitrogens is 1. The highest BCUT2D eigenvalue weighted by molar-refractivity contribution is 5.92. The number of aryl methyl sites for hydroxylation is 1. The van der Waals surface area contributed by atoms with Crippen molar-refractivity contribution in [1.29, 1.82) is 0 Å². The second kappa shape index (κ2) is 5.88. The van der Waals surface area contributed by atoms with Gasteiger partial charge in [0.15, 0.2) is 0 Å². The molecule has 132 valence electrons. The van der Waals surface area contributed by atoms with Crippen LogP contribution in [0.15, 0.2) is 10.6 Å². The average molecular weight is 335 g/mol. The molecule has 2 atom stereocenters. The third kappa shape index (κ3) is 2.81. The van der Waals surface area contributed by atoms with Gasteiger partial charge in [0, 0.05) is 26.1 Å². The zero-order valence-electron chi connectivity index (χ0n) is 14.7. The molecular formula is C17H25N3O4. The van der Waals surface area contributed by atoms with Crippen LogP contribution in [0.5, 0.6) is 0 Å². The van der Waals surface area contributed by atoms with Crippen molar-refractivity contribution in [2.45, 2.75) is 63.7 Å². The number of carbonyl (C=O) groups excluding carboxylic acids is 2. The maximum Gasteiger partial charge on any atom is 0.293 e. The van der Waals surface area contributed by atoms with Crippen molar-refractivity contribution in [2.24, 2.45) is 0 Å². The highest BCUT2D eigenvalue weighted by Crippen LogP contribution is 2.49. The van der Waals surface area contributed by atoms with Crippen LogP contribution in [0, 0.1) is 6.92 Å². The van der Waals surface area contributed by atoms with E-state index in [0.717, 1.165) is 12.8 Å². The van der Waals surface area contributed by atoms with E-state index in [4.69, 9.17) is 9.26 Å². The molecule has 1 N–H and O–H groups in total. The van der Waals surface area contributed by atoms with Crippen LogP contribution in [0.1, 0.15) is 55.8 Å². The van der Waals surface area contributed by atoms with Crippen LogP contribution >= 0.6 is 0 Å². The molecule has 0 aromatic carbocycles. The Labute approximate surface area is 141 Å². The number of carbonyl (C=O) groups is 2. The summed E-state index contributed by atoms with van der Waals surface area (Å²) in [6.45, 7) is 6.45. The van der Waals surface area contributed by atoms with Crippen molar-refractivity contribution in [1.82, 2.24) is 15.4 Å². The summed E-state index contributed by atoms with van der Waals surface area (Å²) < 4.78 is 11.3. The summed E-state index contributed by atoms with van der Waals surface area (Å²) in [7, 11) is 1.62. The molecule has 0 bridgehead atoms. The Bertz CT molecular complexity index is 654. The van der Waals surface area contributed by atoms with Gasteiger partial charge in [-0.2, -0.15) is 0 Å². The molecule has 0 saturated carbocycles. The molecule has 7 nitrogen and oxygen atoms in total. The Morgan fingerprint density at radius 1 is 1.46 bits per heavy atom. The smallest absolute Gasteiger partial charge is 0.293 e. The van der Waals surface area contributed by atoms with Crippen molar-refractivity contribution in [3.63, 3.8) is 0 Å². The van der Waals surface area contributed by atoms with Crippen LogP contribution in [0.4, 0.5) is 0 Å². The maximum atomic E-state index is 13.0. The number of rotatable bonds is 3. The summed E-state index contributed by atoms with van der Waals surface area (Å²) in [6.07, 6.45) is 2.36. The van der Waals surface area contributed by atoms with Crippen molar-refractivity contribution in [3.05, 3.63) is 17.5 Å². The molecule has 1 aromatic rings. The third-order valence-electron chi connectivity index (χ3n) is 5.05. The highest BCUT2D eigenvalue weighted by Gasteiger charge is 2.59. The number of hydrogen-bond donors (Lipinski definition) is 1. The minimum Gasteiger partial charge on any atom is -0.369 e. The SMILES string of the molecule is CNC(=O)C[C@@H]1OC(C)(C)C[C@]12CCCN2C(=O)c1cc(C)no1. The van der Waals surface area contributed by atoms with Crippen LogP contribution in [0.25, 0.3) is 0 Å². The van der Waals surface area contributed by atoms with E-state index in [1.807, 2.05) is 18.7 Å². The summed E-state index contributed by atoms with van der Waals surface area (Å²) in [6, 6.07) is 1.66. The first-order valence-electron chi connectivity index (χ1n) is 8.41. The van der Waals surface area contributed by atoms with E-state index >= 15 is 0 Å². The first-order chi connectivity index (χ1) is 11.3. The molecule has 3 rings (SSSR count). The van der Waals surface area contributed by atoms with Gasteiger partial charge in [-0.3, -0.25) is 9.59 Å². The summed E-state index contributed by atoms with van der Waals surface area (Å²) >= 11 is 0. The zero-order valence-corrected chi connectivity index (χ0v) is 14.7. The number of likely N-dealkylation sites (tertiary alicyclic amines) is 1. The molecule has 2 amide bonds. The van der Waals surface area contributed by atoms with Gasteiger partial charge in [-0.05, 0) is 33.6 Å². The van der Waals surface area contributed by atoms with Gasteiger partial charge < -0.3 is 19.5 Å². The largest absolute Gasteiger partial charge is 0.369 e. The van der Waals surface area contributed by atoms with Gasteiger partial charge in [-0.15, -0.1) is 0 Å². The molecular weight excluding hydrogens is 310 g/mol. The van der Waals surface area contributed by atoms with E-state index in [1.54, 1.807) is 20.0 Å². The van der Waals surface area contributed by atoms with E-state index in [0.29, 0.717) is 18.7 Å². The number of nitrogens with one attached hydrogen (secondary N) is 1. The standard InChI is InChI=1S/C17H25N3O4/c1-11-8-12(24-19-11)15(22)20-7-5-6-17(20)10-16(2,3)23-13(17)9-14(21)18-4/h8,13H,5-7,9-10H2,1-4H3,(H,18,21)/t13-,17+/m0/s1. The summed E-state index contributed by atoms with van der Waals surface area (Å²) in [5, 5.41) is 6.47. The fourth-order valence-electron chi connectivity index (χ4n) is 4.21. The van der Waals surface area contributed by atoms with Crippen molar-refractivity contribution in [3.8, 4) is 0 Å². The fourth-order valence-corrected chi connectivity index (χ4v) is 4.21. The quantitative estimate of drug-likeness (QED) is 0.908. The Morgan fingerprint density at radius 3 is 2.83 bits per heavy atom. The van der Waals surface area contributed by atoms with Crippen LogP contribution in [0.2, 0.25) is 0 Å². The molecule has 1 spiro atoms. The summed E-state index contributed by atoms with van der Waals surface area (Å²) in [5.74, 6) is 0.000338. The van der Waals surface area contributed by atoms with E-state index in [-0.39, 0.29) is 35.7 Å². The van der Waals surface area contributed by atoms with Crippen LogP contribution < -0.4 is 5.32 Å². The predicted octanol–water partition coefficient (Wildman–Crippen LogP) is 1.66. The lowest BCUT2D eigenvalue weighted by atomic mass is 9.82. The second-order valence-electron chi connectivity index (χ2n) is 7.42. The molecule has 0 radical (unpaired) electrons. The molecule has 1 aromatic heterocycles. The lowest BCUT2D eigenvalue weighted by Gasteiger charge is -2.38. The second-order valence-corrected chi connectivity index (χ2v) is 7.42. The molecule has 24 heavy (non-hydrogen) atoms. The number of nitrogens with zero attached hydrogens (tertiary/aromatic N) is 2. The molecule has 2 saturated heterocycles. The van der Waals surface area contributed by atoms with Gasteiger partial charge >= 0.3 is 0 Å². The van der Waals surface area contributed by atoms with Gasteiger partial charge in [0.25, 0.3) is 5.91 Å². The first kappa shape index (κ1) is 17.0. The lowest BCUT2D eigenvalue weighted by Crippen LogP contribution is -2.53. The summed E-state index contributed by atoms with van der Waals surface area (Å²) in [4.78, 5) is 26.8. The maximum absolute atomic E-state index is 13.0. The zero-order chi connectivity index (χ0) is 17.5. The minimum absolute atomic E-state index is 0.0770. The average Bonchev–Trinajstić information content (AvgIpc) is 3.17. The molecule has 7 heteroatoms. The Hall–Kier alpha value is -1.89. The molecule has 0 unspecified atom stereocenters. The Balaban J connectivity index is 1.92. The van der Waals surface area contributed by atoms with E-state index in [1.165, 1.54) is 0 Å². The molecule has 0 aliphatic carbocycles. The fraction of sp³-hybridized carbons (Fsp3) is 0.706. The monoisotopic (exact) mass is 335 g/mol. The van der Waals surface area contributed by atoms with Crippen molar-refractivity contribution in [2.75, 3.05) is 13.6 Å². The van der Waals surface area contributed by atoms with E-state index in [9.17, 15) is 9.59 Å². The van der Waals surface area contributed by atoms with Crippen molar-refractivity contribution < 1.29 is 18.8 Å². The third-order valence-corrected chi connectivity index (χ3v) is 5.05. The number of amides is 2. The van der Waals surface area contributed by atoms with Gasteiger partial charge in [0.05, 0.1) is 29.4 Å². The van der Waals surface area contributed by atoms with Gasteiger partial charge in [0.1, 0.15) is 0 Å². The van der Waals surface area contributed by atoms with Crippen LogP contribution in [-0.2, 0) is 9.53 Å². The molecule has 2 fully saturated rings. The first-order valence-corrected chi connectivity index (χ1v) is 8.41.